The number of amides is 2. The smallest absolute Gasteiger partial charge is 0.254 e. The summed E-state index contributed by atoms with van der Waals surface area (Å²) in [5.41, 5.74) is 2.91. The molecule has 5 rings (SSSR count). The van der Waals surface area contributed by atoms with E-state index in [1.807, 2.05) is 65.7 Å². The van der Waals surface area contributed by atoms with Crippen LogP contribution in [0.2, 0.25) is 0 Å². The molecular formula is C30H32N4O2. The Balaban J connectivity index is 1.46. The quantitative estimate of drug-likeness (QED) is 0.361. The Kier molecular flexibility index (Phi) is 7.12. The molecule has 6 nitrogen and oxygen atoms in total. The SMILES string of the molecule is O=C(c1ccccc1)N(CCc1c[nH]c2ccccc12)C1(C(=O)NCc2cccnc2)CCCCC1. The Morgan fingerprint density at radius 2 is 1.72 bits per heavy atom. The number of carbonyl (C=O) groups excluding carboxylic acids is 2. The molecule has 0 aliphatic heterocycles. The number of aromatic amines is 1. The Morgan fingerprint density at radius 3 is 2.50 bits per heavy atom. The van der Waals surface area contributed by atoms with Gasteiger partial charge in [-0.05, 0) is 54.7 Å². The summed E-state index contributed by atoms with van der Waals surface area (Å²) in [6.45, 7) is 0.861. The second kappa shape index (κ2) is 10.8. The minimum absolute atomic E-state index is 0.0748. The first-order valence-corrected chi connectivity index (χ1v) is 12.8. The molecule has 0 radical (unpaired) electrons. The number of hydrogen-bond donors (Lipinski definition) is 2. The number of rotatable bonds is 8. The number of hydrogen-bond acceptors (Lipinski definition) is 3. The van der Waals surface area contributed by atoms with Crippen LogP contribution in [0.3, 0.4) is 0 Å². The third kappa shape index (κ3) is 4.89. The highest BCUT2D eigenvalue weighted by Crippen LogP contribution is 2.36. The van der Waals surface area contributed by atoms with Crippen molar-refractivity contribution in [3.63, 3.8) is 0 Å². The molecule has 2 N–H and O–H groups in total. The number of aromatic nitrogens is 2. The van der Waals surface area contributed by atoms with Crippen LogP contribution in [-0.2, 0) is 17.8 Å². The van der Waals surface area contributed by atoms with Crippen molar-refractivity contribution in [1.82, 2.24) is 20.2 Å². The van der Waals surface area contributed by atoms with Crippen LogP contribution in [-0.4, -0.2) is 38.8 Å². The molecule has 0 saturated heterocycles. The molecule has 2 amide bonds. The molecule has 2 heterocycles. The molecule has 1 aliphatic carbocycles. The first kappa shape index (κ1) is 23.8. The molecule has 1 saturated carbocycles. The zero-order chi connectivity index (χ0) is 24.8. The van der Waals surface area contributed by atoms with E-state index < -0.39 is 5.54 Å². The third-order valence-electron chi connectivity index (χ3n) is 7.34. The van der Waals surface area contributed by atoms with Gasteiger partial charge in [-0.3, -0.25) is 14.6 Å². The average molecular weight is 481 g/mol. The predicted molar refractivity (Wildman–Crippen MR) is 141 cm³/mol. The van der Waals surface area contributed by atoms with Gasteiger partial charge in [0, 0.05) is 48.1 Å². The monoisotopic (exact) mass is 480 g/mol. The van der Waals surface area contributed by atoms with E-state index in [4.69, 9.17) is 0 Å². The Morgan fingerprint density at radius 1 is 0.944 bits per heavy atom. The summed E-state index contributed by atoms with van der Waals surface area (Å²) >= 11 is 0. The number of benzene rings is 2. The molecule has 0 bridgehead atoms. The van der Waals surface area contributed by atoms with Crippen molar-refractivity contribution in [1.29, 1.82) is 0 Å². The van der Waals surface area contributed by atoms with Gasteiger partial charge in [-0.25, -0.2) is 0 Å². The second-order valence-electron chi connectivity index (χ2n) is 9.57. The van der Waals surface area contributed by atoms with Gasteiger partial charge in [0.25, 0.3) is 5.91 Å². The summed E-state index contributed by atoms with van der Waals surface area (Å²) in [5.74, 6) is -0.164. The Hall–Kier alpha value is -3.93. The molecule has 0 atom stereocenters. The van der Waals surface area contributed by atoms with Crippen LogP contribution in [0.4, 0.5) is 0 Å². The lowest BCUT2D eigenvalue weighted by molar-refractivity contribution is -0.134. The predicted octanol–water partition coefficient (Wildman–Crippen LogP) is 5.27. The molecule has 0 spiro atoms. The maximum absolute atomic E-state index is 14.0. The zero-order valence-electron chi connectivity index (χ0n) is 20.5. The van der Waals surface area contributed by atoms with Gasteiger partial charge in [0.1, 0.15) is 5.54 Å². The Bertz CT molecular complexity index is 1310. The van der Waals surface area contributed by atoms with Crippen molar-refractivity contribution in [3.8, 4) is 0 Å². The zero-order valence-corrected chi connectivity index (χ0v) is 20.5. The molecule has 2 aromatic carbocycles. The summed E-state index contributed by atoms with van der Waals surface area (Å²) in [6.07, 6.45) is 10.4. The Labute approximate surface area is 211 Å². The summed E-state index contributed by atoms with van der Waals surface area (Å²) in [6, 6.07) is 21.3. The van der Waals surface area contributed by atoms with Gasteiger partial charge in [-0.15, -0.1) is 0 Å². The summed E-state index contributed by atoms with van der Waals surface area (Å²) < 4.78 is 0. The molecule has 184 valence electrons. The molecular weight excluding hydrogens is 448 g/mol. The number of fused-ring (bicyclic) bond motifs is 1. The van der Waals surface area contributed by atoms with Crippen LogP contribution < -0.4 is 5.32 Å². The topological polar surface area (TPSA) is 78.1 Å². The van der Waals surface area contributed by atoms with Crippen LogP contribution in [0, 0.1) is 0 Å². The van der Waals surface area contributed by atoms with Crippen molar-refractivity contribution in [2.75, 3.05) is 6.54 Å². The van der Waals surface area contributed by atoms with Crippen molar-refractivity contribution in [2.24, 2.45) is 0 Å². The normalized spacial score (nSPS) is 14.9. The largest absolute Gasteiger partial charge is 0.361 e. The number of para-hydroxylation sites is 1. The highest BCUT2D eigenvalue weighted by Gasteiger charge is 2.46. The van der Waals surface area contributed by atoms with E-state index in [2.05, 4.69) is 27.4 Å². The maximum Gasteiger partial charge on any atom is 0.254 e. The van der Waals surface area contributed by atoms with Crippen LogP contribution in [0.5, 0.6) is 0 Å². The number of nitrogens with one attached hydrogen (secondary N) is 2. The van der Waals surface area contributed by atoms with E-state index >= 15 is 0 Å². The second-order valence-corrected chi connectivity index (χ2v) is 9.57. The number of carbonyl (C=O) groups is 2. The highest BCUT2D eigenvalue weighted by atomic mass is 16.2. The average Bonchev–Trinajstić information content (AvgIpc) is 3.36. The number of pyridine rings is 1. The van der Waals surface area contributed by atoms with Crippen LogP contribution in [0.25, 0.3) is 10.9 Å². The minimum atomic E-state index is -0.876. The standard InChI is InChI=1S/C30H32N4O2/c35-28(24-11-3-1-4-12-24)34(19-15-25-22-32-27-14-6-5-13-26(25)27)30(16-7-2-8-17-30)29(36)33-21-23-10-9-18-31-20-23/h1,3-6,9-14,18,20,22,32H,2,7-8,15-17,19,21H2,(H,33,36). The van der Waals surface area contributed by atoms with Crippen LogP contribution >= 0.6 is 0 Å². The fourth-order valence-corrected chi connectivity index (χ4v) is 5.42. The fourth-order valence-electron chi connectivity index (χ4n) is 5.42. The lowest BCUT2D eigenvalue weighted by atomic mass is 9.78. The maximum atomic E-state index is 14.0. The highest BCUT2D eigenvalue weighted by molar-refractivity contribution is 5.99. The van der Waals surface area contributed by atoms with Gasteiger partial charge >= 0.3 is 0 Å². The van der Waals surface area contributed by atoms with E-state index in [1.54, 1.807) is 12.4 Å². The third-order valence-corrected chi connectivity index (χ3v) is 7.34. The fraction of sp³-hybridized carbons (Fsp3) is 0.300. The molecule has 0 unspecified atom stereocenters. The van der Waals surface area contributed by atoms with Crippen molar-refractivity contribution < 1.29 is 9.59 Å². The van der Waals surface area contributed by atoms with E-state index in [0.717, 1.165) is 41.3 Å². The van der Waals surface area contributed by atoms with Gasteiger partial charge < -0.3 is 15.2 Å². The van der Waals surface area contributed by atoms with E-state index in [-0.39, 0.29) is 11.8 Å². The van der Waals surface area contributed by atoms with Gasteiger partial charge in [-0.2, -0.15) is 0 Å². The van der Waals surface area contributed by atoms with E-state index in [0.29, 0.717) is 37.9 Å². The molecule has 36 heavy (non-hydrogen) atoms. The molecule has 1 fully saturated rings. The lowest BCUT2D eigenvalue weighted by Crippen LogP contribution is -2.62. The number of nitrogens with zero attached hydrogens (tertiary/aromatic N) is 2. The van der Waals surface area contributed by atoms with Crippen molar-refractivity contribution in [2.45, 2.75) is 50.6 Å². The molecule has 4 aromatic rings. The van der Waals surface area contributed by atoms with Gasteiger partial charge in [-0.1, -0.05) is 61.7 Å². The minimum Gasteiger partial charge on any atom is -0.361 e. The van der Waals surface area contributed by atoms with E-state index in [9.17, 15) is 9.59 Å². The summed E-state index contributed by atoms with van der Waals surface area (Å²) in [7, 11) is 0. The van der Waals surface area contributed by atoms with Gasteiger partial charge in [0.05, 0.1) is 0 Å². The first-order valence-electron chi connectivity index (χ1n) is 12.8. The van der Waals surface area contributed by atoms with Crippen LogP contribution in [0.1, 0.15) is 53.6 Å². The van der Waals surface area contributed by atoms with Crippen molar-refractivity contribution in [3.05, 3.63) is 102 Å². The molecule has 1 aliphatic rings. The summed E-state index contributed by atoms with van der Waals surface area (Å²) in [4.78, 5) is 37.2. The molecule has 6 heteroatoms. The van der Waals surface area contributed by atoms with Gasteiger partial charge in [0.2, 0.25) is 5.91 Å². The van der Waals surface area contributed by atoms with Gasteiger partial charge in [0.15, 0.2) is 0 Å². The van der Waals surface area contributed by atoms with Crippen molar-refractivity contribution >= 4 is 22.7 Å². The molecule has 2 aromatic heterocycles. The van der Waals surface area contributed by atoms with E-state index in [1.165, 1.54) is 0 Å². The lowest BCUT2D eigenvalue weighted by Gasteiger charge is -2.45. The summed E-state index contributed by atoms with van der Waals surface area (Å²) in [5, 5.41) is 4.30. The number of H-pyrrole nitrogens is 1. The first-order chi connectivity index (χ1) is 17.7. The van der Waals surface area contributed by atoms with Crippen LogP contribution in [0.15, 0.2) is 85.3 Å².